The Morgan fingerprint density at radius 2 is 1.93 bits per heavy atom. The predicted molar refractivity (Wildman–Crippen MR) is 120 cm³/mol. The molecule has 1 amide bonds. The number of pyridine rings is 1. The highest BCUT2D eigenvalue weighted by atomic mass is 35.5. The number of nitrogens with zero attached hydrogens (tertiary/aromatic N) is 2. The average Bonchev–Trinajstić information content (AvgIpc) is 2.80. The first-order valence-electron chi connectivity index (χ1n) is 10.5. The lowest BCUT2D eigenvalue weighted by Gasteiger charge is -2.36. The SMILES string of the molecule is CC(C)(C)OC(=O)N[C@H]1CCCN(c2cc(Cl)ncc2B2OC(C)(C)C(C)(C)O2)C1. The number of nitrogens with one attached hydrogen (secondary N) is 1. The Morgan fingerprint density at radius 3 is 2.53 bits per heavy atom. The summed E-state index contributed by atoms with van der Waals surface area (Å²) in [6, 6.07) is 1.82. The Balaban J connectivity index is 1.79. The van der Waals surface area contributed by atoms with E-state index < -0.39 is 30.0 Å². The first-order chi connectivity index (χ1) is 13.8. The molecule has 2 saturated heterocycles. The summed E-state index contributed by atoms with van der Waals surface area (Å²) < 4.78 is 17.9. The summed E-state index contributed by atoms with van der Waals surface area (Å²) in [5, 5.41) is 3.40. The number of piperidine rings is 1. The van der Waals surface area contributed by atoms with Gasteiger partial charge in [0.25, 0.3) is 0 Å². The molecular formula is C21H33BClN3O4. The minimum atomic E-state index is -0.533. The molecule has 1 aromatic heterocycles. The molecular weight excluding hydrogens is 405 g/mol. The summed E-state index contributed by atoms with van der Waals surface area (Å²) in [5.74, 6) is 0. The van der Waals surface area contributed by atoms with E-state index in [1.165, 1.54) is 0 Å². The normalized spacial score (nSPS) is 23.4. The second-order valence-electron chi connectivity index (χ2n) is 10.1. The highest BCUT2D eigenvalue weighted by Crippen LogP contribution is 2.37. The van der Waals surface area contributed by atoms with Gasteiger partial charge in [-0.3, -0.25) is 0 Å². The van der Waals surface area contributed by atoms with Crippen LogP contribution in [-0.2, 0) is 14.0 Å². The molecule has 30 heavy (non-hydrogen) atoms. The largest absolute Gasteiger partial charge is 0.498 e. The van der Waals surface area contributed by atoms with E-state index in [0.29, 0.717) is 11.7 Å². The van der Waals surface area contributed by atoms with Gasteiger partial charge in [0.05, 0.1) is 11.2 Å². The highest BCUT2D eigenvalue weighted by molar-refractivity contribution is 6.64. The number of halogens is 1. The fourth-order valence-electron chi connectivity index (χ4n) is 3.64. The molecule has 0 saturated carbocycles. The number of carbonyl (C=O) groups excluding carboxylic acids is 1. The summed E-state index contributed by atoms with van der Waals surface area (Å²) in [6.45, 7) is 15.2. The second kappa shape index (κ2) is 8.21. The van der Waals surface area contributed by atoms with E-state index in [2.05, 4.69) is 15.2 Å². The van der Waals surface area contributed by atoms with Crippen LogP contribution in [0.2, 0.25) is 5.15 Å². The first-order valence-corrected chi connectivity index (χ1v) is 10.9. The number of rotatable bonds is 3. The van der Waals surface area contributed by atoms with E-state index >= 15 is 0 Å². The smallest absolute Gasteiger partial charge is 0.444 e. The summed E-state index contributed by atoms with van der Waals surface area (Å²) in [7, 11) is -0.533. The molecule has 7 nitrogen and oxygen atoms in total. The fourth-order valence-corrected chi connectivity index (χ4v) is 3.80. The molecule has 1 N–H and O–H groups in total. The minimum absolute atomic E-state index is 0.0216. The van der Waals surface area contributed by atoms with Crippen molar-refractivity contribution in [3.8, 4) is 0 Å². The van der Waals surface area contributed by atoms with Gasteiger partial charge in [0.2, 0.25) is 0 Å². The zero-order chi connectivity index (χ0) is 22.3. The Hall–Kier alpha value is -1.51. The van der Waals surface area contributed by atoms with Gasteiger partial charge in [-0.25, -0.2) is 9.78 Å². The van der Waals surface area contributed by atoms with Crippen LogP contribution in [0.3, 0.4) is 0 Å². The van der Waals surface area contributed by atoms with Crippen LogP contribution in [0.5, 0.6) is 0 Å². The number of hydrogen-bond acceptors (Lipinski definition) is 6. The molecule has 0 bridgehead atoms. The van der Waals surface area contributed by atoms with E-state index in [-0.39, 0.29) is 6.04 Å². The van der Waals surface area contributed by atoms with E-state index in [0.717, 1.165) is 30.5 Å². The van der Waals surface area contributed by atoms with E-state index in [9.17, 15) is 4.79 Å². The number of anilines is 1. The lowest BCUT2D eigenvalue weighted by molar-refractivity contribution is 0.00578. The zero-order valence-electron chi connectivity index (χ0n) is 19.0. The van der Waals surface area contributed by atoms with Gasteiger partial charge >= 0.3 is 13.2 Å². The van der Waals surface area contributed by atoms with Crippen LogP contribution in [0.15, 0.2) is 12.3 Å². The maximum absolute atomic E-state index is 12.2. The van der Waals surface area contributed by atoms with Crippen molar-refractivity contribution in [2.75, 3.05) is 18.0 Å². The van der Waals surface area contributed by atoms with Crippen molar-refractivity contribution in [2.24, 2.45) is 0 Å². The Kier molecular flexibility index (Phi) is 6.34. The molecule has 3 rings (SSSR count). The lowest BCUT2D eigenvalue weighted by atomic mass is 9.78. The molecule has 166 valence electrons. The molecule has 0 unspecified atom stereocenters. The lowest BCUT2D eigenvalue weighted by Crippen LogP contribution is -2.51. The number of aromatic nitrogens is 1. The number of amides is 1. The van der Waals surface area contributed by atoms with Gasteiger partial charge in [-0.1, -0.05) is 11.6 Å². The molecule has 0 radical (unpaired) electrons. The first kappa shape index (κ1) is 23.2. The molecule has 0 spiro atoms. The number of ether oxygens (including phenoxy) is 1. The summed E-state index contributed by atoms with van der Waals surface area (Å²) in [6.07, 6.45) is 3.15. The number of hydrogen-bond donors (Lipinski definition) is 1. The van der Waals surface area contributed by atoms with E-state index in [1.807, 2.05) is 54.5 Å². The highest BCUT2D eigenvalue weighted by Gasteiger charge is 2.52. The van der Waals surface area contributed by atoms with Crippen molar-refractivity contribution >= 4 is 36.0 Å². The van der Waals surface area contributed by atoms with Crippen molar-refractivity contribution in [2.45, 2.75) is 84.2 Å². The van der Waals surface area contributed by atoms with Crippen molar-refractivity contribution in [1.82, 2.24) is 10.3 Å². The number of carbonyl (C=O) groups is 1. The van der Waals surface area contributed by atoms with Crippen molar-refractivity contribution < 1.29 is 18.8 Å². The molecule has 1 atom stereocenters. The molecule has 9 heteroatoms. The zero-order valence-corrected chi connectivity index (χ0v) is 19.8. The molecule has 1 aromatic rings. The third kappa shape index (κ3) is 5.21. The van der Waals surface area contributed by atoms with E-state index in [1.54, 1.807) is 6.20 Å². The quantitative estimate of drug-likeness (QED) is 0.576. The number of alkyl carbamates (subject to hydrolysis) is 1. The van der Waals surface area contributed by atoms with Gasteiger partial charge in [-0.15, -0.1) is 0 Å². The van der Waals surface area contributed by atoms with Crippen LogP contribution >= 0.6 is 11.6 Å². The standard InChI is InChI=1S/C21H33BClN3O4/c1-19(2,3)28-18(27)25-14-9-8-10-26(13-14)16-11-17(23)24-12-15(16)22-29-20(4,5)21(6,7)30-22/h11-12,14H,8-10,13H2,1-7H3,(H,25,27)/t14-/m0/s1. The second-order valence-corrected chi connectivity index (χ2v) is 10.5. The average molecular weight is 438 g/mol. The topological polar surface area (TPSA) is 72.9 Å². The molecule has 2 fully saturated rings. The van der Waals surface area contributed by atoms with Gasteiger partial charge in [0.1, 0.15) is 10.8 Å². The van der Waals surface area contributed by atoms with Gasteiger partial charge in [-0.05, 0) is 67.4 Å². The van der Waals surface area contributed by atoms with Crippen LogP contribution < -0.4 is 15.7 Å². The molecule has 3 heterocycles. The van der Waals surface area contributed by atoms with E-state index in [4.69, 9.17) is 25.6 Å². The van der Waals surface area contributed by atoms with Crippen LogP contribution in [0, 0.1) is 0 Å². The van der Waals surface area contributed by atoms with Crippen molar-refractivity contribution in [3.63, 3.8) is 0 Å². The Bertz CT molecular complexity index is 781. The van der Waals surface area contributed by atoms with Crippen LogP contribution in [0.1, 0.15) is 61.3 Å². The van der Waals surface area contributed by atoms with Crippen LogP contribution in [-0.4, -0.2) is 54.1 Å². The predicted octanol–water partition coefficient (Wildman–Crippen LogP) is 3.53. The van der Waals surface area contributed by atoms with Crippen LogP contribution in [0.25, 0.3) is 0 Å². The van der Waals surface area contributed by atoms with Gasteiger partial charge < -0.3 is 24.3 Å². The van der Waals surface area contributed by atoms with Gasteiger partial charge in [0.15, 0.2) is 0 Å². The minimum Gasteiger partial charge on any atom is -0.444 e. The van der Waals surface area contributed by atoms with Gasteiger partial charge in [-0.2, -0.15) is 0 Å². The Labute approximate surface area is 184 Å². The molecule has 0 aromatic carbocycles. The third-order valence-electron chi connectivity index (χ3n) is 5.87. The molecule has 0 aliphatic carbocycles. The summed E-state index contributed by atoms with van der Waals surface area (Å²) in [4.78, 5) is 18.7. The van der Waals surface area contributed by atoms with Crippen molar-refractivity contribution in [3.05, 3.63) is 17.4 Å². The molecule has 2 aliphatic rings. The van der Waals surface area contributed by atoms with Crippen molar-refractivity contribution in [1.29, 1.82) is 0 Å². The van der Waals surface area contributed by atoms with Crippen LogP contribution in [0.4, 0.5) is 10.5 Å². The monoisotopic (exact) mass is 437 g/mol. The summed E-state index contributed by atoms with van der Waals surface area (Å²) >= 11 is 6.24. The molecule has 2 aliphatic heterocycles. The maximum atomic E-state index is 12.2. The van der Waals surface area contributed by atoms with Gasteiger partial charge in [0, 0.05) is 36.5 Å². The maximum Gasteiger partial charge on any atom is 0.498 e. The Morgan fingerprint density at radius 1 is 1.30 bits per heavy atom. The summed E-state index contributed by atoms with van der Waals surface area (Å²) in [5.41, 5.74) is 0.343. The third-order valence-corrected chi connectivity index (χ3v) is 6.08. The fraction of sp³-hybridized carbons (Fsp3) is 0.714.